The van der Waals surface area contributed by atoms with Gasteiger partial charge in [0.1, 0.15) is 5.76 Å². The topological polar surface area (TPSA) is 69.0 Å². The molecular weight excluding hydrogens is 390 g/mol. The number of benzene rings is 2. The van der Waals surface area contributed by atoms with Crippen molar-refractivity contribution in [1.82, 2.24) is 15.3 Å². The normalized spacial score (nSPS) is 20.0. The van der Waals surface area contributed by atoms with Crippen LogP contribution >= 0.6 is 0 Å². The van der Waals surface area contributed by atoms with Gasteiger partial charge in [0.05, 0.1) is 6.26 Å². The molecule has 162 valence electrons. The third-order valence-corrected chi connectivity index (χ3v) is 6.00. The van der Waals surface area contributed by atoms with E-state index in [0.717, 1.165) is 43.1 Å². The standard InChI is InChI=1S/C25H29N3O3/c1-18-14-27(16-20-8-10-22(11-9-20)25(29)26-30)15-19(2)28(18)17-21-5-3-6-23(13-21)24-7-4-12-31-24/h3-13,18-19,30H,14-17H2,1-2H3,(H,26,29)/t18-,19+. The Bertz CT molecular complexity index is 989. The van der Waals surface area contributed by atoms with E-state index in [9.17, 15) is 4.79 Å². The number of carbonyl (C=O) groups is 1. The molecule has 31 heavy (non-hydrogen) atoms. The van der Waals surface area contributed by atoms with Crippen LogP contribution in [0.5, 0.6) is 0 Å². The Balaban J connectivity index is 1.38. The Hall–Kier alpha value is -2.93. The average Bonchev–Trinajstić information content (AvgIpc) is 3.32. The van der Waals surface area contributed by atoms with Gasteiger partial charge in [-0.25, -0.2) is 5.48 Å². The molecule has 4 rings (SSSR count). The van der Waals surface area contributed by atoms with Gasteiger partial charge in [0.15, 0.2) is 0 Å². The van der Waals surface area contributed by atoms with Crippen LogP contribution in [0.1, 0.15) is 35.3 Å². The van der Waals surface area contributed by atoms with Gasteiger partial charge in [-0.05, 0) is 55.3 Å². The second-order valence-electron chi connectivity index (χ2n) is 8.38. The summed E-state index contributed by atoms with van der Waals surface area (Å²) < 4.78 is 5.55. The number of furan rings is 1. The summed E-state index contributed by atoms with van der Waals surface area (Å²) in [5.41, 5.74) is 5.69. The highest BCUT2D eigenvalue weighted by molar-refractivity contribution is 5.93. The smallest absolute Gasteiger partial charge is 0.274 e. The summed E-state index contributed by atoms with van der Waals surface area (Å²) in [6.07, 6.45) is 1.71. The summed E-state index contributed by atoms with van der Waals surface area (Å²) in [6.45, 7) is 8.30. The predicted molar refractivity (Wildman–Crippen MR) is 120 cm³/mol. The van der Waals surface area contributed by atoms with Crippen molar-refractivity contribution in [1.29, 1.82) is 0 Å². The molecule has 1 fully saturated rings. The molecule has 2 atom stereocenters. The minimum Gasteiger partial charge on any atom is -0.464 e. The molecule has 0 spiro atoms. The number of nitrogens with zero attached hydrogens (tertiary/aromatic N) is 2. The number of carbonyl (C=O) groups excluding carboxylic acids is 1. The van der Waals surface area contributed by atoms with Gasteiger partial charge in [-0.15, -0.1) is 0 Å². The number of rotatable bonds is 6. The molecule has 2 aromatic carbocycles. The van der Waals surface area contributed by atoms with Gasteiger partial charge >= 0.3 is 0 Å². The number of hydrogen-bond donors (Lipinski definition) is 2. The lowest BCUT2D eigenvalue weighted by Gasteiger charge is -2.44. The van der Waals surface area contributed by atoms with Gasteiger partial charge in [-0.1, -0.05) is 30.3 Å². The first-order valence-electron chi connectivity index (χ1n) is 10.7. The first-order valence-corrected chi connectivity index (χ1v) is 10.7. The van der Waals surface area contributed by atoms with Crippen LogP contribution in [-0.4, -0.2) is 46.1 Å². The van der Waals surface area contributed by atoms with E-state index >= 15 is 0 Å². The van der Waals surface area contributed by atoms with Gasteiger partial charge in [0.2, 0.25) is 0 Å². The van der Waals surface area contributed by atoms with Crippen molar-refractivity contribution in [2.45, 2.75) is 39.0 Å². The molecule has 0 saturated carbocycles. The SMILES string of the molecule is C[C@@H]1CN(Cc2ccc(C(=O)NO)cc2)C[C@H](C)N1Cc1cccc(-c2ccco2)c1. The minimum atomic E-state index is -0.487. The molecule has 6 heteroatoms. The molecule has 6 nitrogen and oxygen atoms in total. The summed E-state index contributed by atoms with van der Waals surface area (Å²) >= 11 is 0. The average molecular weight is 420 g/mol. The number of piperazine rings is 1. The fourth-order valence-corrected chi connectivity index (χ4v) is 4.47. The first kappa shape index (κ1) is 21.3. The molecule has 0 radical (unpaired) electrons. The maximum Gasteiger partial charge on any atom is 0.274 e. The van der Waals surface area contributed by atoms with E-state index in [-0.39, 0.29) is 0 Å². The Morgan fingerprint density at radius 1 is 1.00 bits per heavy atom. The highest BCUT2D eigenvalue weighted by Gasteiger charge is 2.29. The van der Waals surface area contributed by atoms with E-state index in [0.29, 0.717) is 17.6 Å². The van der Waals surface area contributed by atoms with Crippen molar-refractivity contribution < 1.29 is 14.4 Å². The number of hydrogen-bond acceptors (Lipinski definition) is 5. The van der Waals surface area contributed by atoms with E-state index in [1.54, 1.807) is 23.9 Å². The maximum atomic E-state index is 11.5. The summed E-state index contributed by atoms with van der Waals surface area (Å²) in [4.78, 5) is 16.5. The Kier molecular flexibility index (Phi) is 6.51. The fraction of sp³-hybridized carbons (Fsp3) is 0.320. The van der Waals surface area contributed by atoms with Crippen LogP contribution in [0.3, 0.4) is 0 Å². The number of hydroxylamine groups is 1. The van der Waals surface area contributed by atoms with E-state index in [2.05, 4.69) is 47.9 Å². The zero-order valence-corrected chi connectivity index (χ0v) is 18.0. The summed E-state index contributed by atoms with van der Waals surface area (Å²) in [7, 11) is 0. The Morgan fingerprint density at radius 2 is 1.74 bits per heavy atom. The van der Waals surface area contributed by atoms with Crippen molar-refractivity contribution in [2.24, 2.45) is 0 Å². The van der Waals surface area contributed by atoms with Gasteiger partial charge in [-0.3, -0.25) is 19.8 Å². The molecule has 2 N–H and O–H groups in total. The zero-order chi connectivity index (χ0) is 21.8. The number of nitrogens with one attached hydrogen (secondary N) is 1. The molecule has 1 amide bonds. The molecule has 1 aromatic heterocycles. The lowest BCUT2D eigenvalue weighted by molar-refractivity contribution is 0.0290. The fourth-order valence-electron chi connectivity index (χ4n) is 4.47. The molecule has 3 aromatic rings. The summed E-state index contributed by atoms with van der Waals surface area (Å²) in [5.74, 6) is 0.411. The number of amides is 1. The first-order chi connectivity index (χ1) is 15.0. The lowest BCUT2D eigenvalue weighted by atomic mass is 10.0. The van der Waals surface area contributed by atoms with Crippen molar-refractivity contribution in [3.05, 3.63) is 83.6 Å². The van der Waals surface area contributed by atoms with Crippen molar-refractivity contribution in [3.8, 4) is 11.3 Å². The van der Waals surface area contributed by atoms with E-state index in [4.69, 9.17) is 9.62 Å². The molecule has 0 unspecified atom stereocenters. The molecule has 1 aliphatic rings. The zero-order valence-electron chi connectivity index (χ0n) is 18.0. The molecule has 1 saturated heterocycles. The molecule has 0 bridgehead atoms. The van der Waals surface area contributed by atoms with Crippen LogP contribution in [0.2, 0.25) is 0 Å². The highest BCUT2D eigenvalue weighted by Crippen LogP contribution is 2.24. The predicted octanol–water partition coefficient (Wildman–Crippen LogP) is 4.16. The van der Waals surface area contributed by atoms with E-state index < -0.39 is 5.91 Å². The van der Waals surface area contributed by atoms with Gasteiger partial charge < -0.3 is 4.42 Å². The quantitative estimate of drug-likeness (QED) is 0.464. The van der Waals surface area contributed by atoms with Crippen molar-refractivity contribution >= 4 is 5.91 Å². The molecule has 0 aliphatic carbocycles. The largest absolute Gasteiger partial charge is 0.464 e. The summed E-state index contributed by atoms with van der Waals surface area (Å²) in [6, 6.07) is 20.7. The summed E-state index contributed by atoms with van der Waals surface area (Å²) in [5, 5.41) is 8.75. The van der Waals surface area contributed by atoms with Gasteiger partial charge in [0, 0.05) is 49.4 Å². The molecular formula is C25H29N3O3. The second-order valence-corrected chi connectivity index (χ2v) is 8.38. The minimum absolute atomic E-state index is 0.426. The van der Waals surface area contributed by atoms with Crippen LogP contribution < -0.4 is 5.48 Å². The van der Waals surface area contributed by atoms with Crippen LogP contribution in [0.15, 0.2) is 71.3 Å². The van der Waals surface area contributed by atoms with E-state index in [1.165, 1.54) is 5.56 Å². The van der Waals surface area contributed by atoms with Gasteiger partial charge in [-0.2, -0.15) is 0 Å². The van der Waals surface area contributed by atoms with Crippen molar-refractivity contribution in [2.75, 3.05) is 13.1 Å². The van der Waals surface area contributed by atoms with Crippen LogP contribution in [-0.2, 0) is 13.1 Å². The Labute approximate surface area is 183 Å². The highest BCUT2D eigenvalue weighted by atomic mass is 16.5. The third-order valence-electron chi connectivity index (χ3n) is 6.00. The lowest BCUT2D eigenvalue weighted by Crippen LogP contribution is -2.55. The monoisotopic (exact) mass is 419 g/mol. The molecule has 1 aliphatic heterocycles. The molecule has 2 heterocycles. The van der Waals surface area contributed by atoms with Crippen molar-refractivity contribution in [3.63, 3.8) is 0 Å². The second kappa shape index (κ2) is 9.47. The maximum absolute atomic E-state index is 11.5. The Morgan fingerprint density at radius 3 is 2.39 bits per heavy atom. The van der Waals surface area contributed by atoms with Gasteiger partial charge in [0.25, 0.3) is 5.91 Å². The van der Waals surface area contributed by atoms with Crippen LogP contribution in [0, 0.1) is 0 Å². The van der Waals surface area contributed by atoms with Crippen LogP contribution in [0.4, 0.5) is 0 Å². The third kappa shape index (κ3) is 5.05. The van der Waals surface area contributed by atoms with Crippen LogP contribution in [0.25, 0.3) is 11.3 Å². The van der Waals surface area contributed by atoms with E-state index in [1.807, 2.05) is 24.3 Å².